The maximum absolute atomic E-state index is 12.8. The predicted octanol–water partition coefficient (Wildman–Crippen LogP) is 5.80. The molecule has 0 spiro atoms. The lowest BCUT2D eigenvalue weighted by molar-refractivity contribution is -0.130. The first-order valence-electron chi connectivity index (χ1n) is 10.0. The molecule has 148 valence electrons. The summed E-state index contributed by atoms with van der Waals surface area (Å²) in [7, 11) is 0. The minimum absolute atomic E-state index is 0.0200. The maximum atomic E-state index is 12.8. The number of esters is 1. The Morgan fingerprint density at radius 3 is 2.07 bits per heavy atom. The zero-order chi connectivity index (χ0) is 20.8. The zero-order valence-electron chi connectivity index (χ0n) is 16.5. The number of hydrogen-bond acceptors (Lipinski definition) is 3. The highest BCUT2D eigenvalue weighted by molar-refractivity contribution is 6.07. The summed E-state index contributed by atoms with van der Waals surface area (Å²) in [4.78, 5) is 24.3. The predicted molar refractivity (Wildman–Crippen MR) is 118 cm³/mol. The Balaban J connectivity index is 1.79. The van der Waals surface area contributed by atoms with Crippen LogP contribution in [0, 0.1) is 0 Å². The third kappa shape index (κ3) is 4.31. The number of rotatable bonds is 7. The second-order valence-electron chi connectivity index (χ2n) is 7.24. The summed E-state index contributed by atoms with van der Waals surface area (Å²) in [6.45, 7) is 0. The first-order valence-corrected chi connectivity index (χ1v) is 10.0. The van der Waals surface area contributed by atoms with Crippen LogP contribution < -0.4 is 0 Å². The van der Waals surface area contributed by atoms with E-state index in [1.807, 2.05) is 97.1 Å². The largest absolute Gasteiger partial charge is 0.422 e. The van der Waals surface area contributed by atoms with Crippen LogP contribution in [0.3, 0.4) is 0 Å². The molecule has 1 atom stereocenters. The van der Waals surface area contributed by atoms with E-state index in [-0.39, 0.29) is 11.9 Å². The van der Waals surface area contributed by atoms with Crippen molar-refractivity contribution in [2.75, 3.05) is 0 Å². The number of allylic oxidation sites excluding steroid dienone is 1. The molecule has 0 bridgehead atoms. The van der Waals surface area contributed by atoms with Gasteiger partial charge in [0.2, 0.25) is 0 Å². The molecule has 3 nitrogen and oxygen atoms in total. The molecule has 3 aromatic carbocycles. The second kappa shape index (κ2) is 9.19. The van der Waals surface area contributed by atoms with Crippen LogP contribution in [0.5, 0.6) is 0 Å². The van der Waals surface area contributed by atoms with Crippen LogP contribution in [0.2, 0.25) is 0 Å². The molecule has 1 aliphatic heterocycles. The highest BCUT2D eigenvalue weighted by Gasteiger charge is 2.27. The lowest BCUT2D eigenvalue weighted by atomic mass is 9.85. The van der Waals surface area contributed by atoms with Crippen molar-refractivity contribution >= 4 is 23.6 Å². The molecule has 0 amide bonds. The number of cyclic esters (lactones) is 1. The molecule has 4 rings (SSSR count). The number of carbonyl (C=O) groups excluding carboxylic acids is 2. The highest BCUT2D eigenvalue weighted by atomic mass is 16.5. The summed E-state index contributed by atoms with van der Waals surface area (Å²) in [6, 6.07) is 29.4. The lowest BCUT2D eigenvalue weighted by Crippen LogP contribution is -2.06. The summed E-state index contributed by atoms with van der Waals surface area (Å²) in [5.41, 5.74) is 4.34. The van der Waals surface area contributed by atoms with Crippen LogP contribution in [-0.2, 0) is 14.3 Å². The molecule has 1 heterocycles. The molecule has 0 unspecified atom stereocenters. The summed E-state index contributed by atoms with van der Waals surface area (Å²) in [5, 5.41) is 0. The van der Waals surface area contributed by atoms with Crippen LogP contribution >= 0.6 is 0 Å². The van der Waals surface area contributed by atoms with Gasteiger partial charge in [-0.25, -0.2) is 4.79 Å². The summed E-state index contributed by atoms with van der Waals surface area (Å²) in [5.74, 6) is 0.176. The lowest BCUT2D eigenvalue weighted by Gasteiger charge is -2.18. The fraction of sp³-hybridized carbons (Fsp3) is 0.111. The zero-order valence-corrected chi connectivity index (χ0v) is 16.5. The highest BCUT2D eigenvalue weighted by Crippen LogP contribution is 2.37. The molecule has 0 aromatic heterocycles. The van der Waals surface area contributed by atoms with Crippen LogP contribution in [0.25, 0.3) is 11.3 Å². The summed E-state index contributed by atoms with van der Waals surface area (Å²) in [6.07, 6.45) is 3.72. The van der Waals surface area contributed by atoms with Crippen LogP contribution in [0.1, 0.15) is 35.4 Å². The maximum Gasteiger partial charge on any atom is 0.343 e. The van der Waals surface area contributed by atoms with E-state index in [0.717, 1.165) is 28.5 Å². The van der Waals surface area contributed by atoms with Gasteiger partial charge in [-0.15, -0.1) is 0 Å². The van der Waals surface area contributed by atoms with Gasteiger partial charge in [0.15, 0.2) is 0 Å². The average Bonchev–Trinajstić information content (AvgIpc) is 3.19. The Morgan fingerprint density at radius 1 is 0.833 bits per heavy atom. The van der Waals surface area contributed by atoms with Crippen molar-refractivity contribution in [2.45, 2.75) is 18.8 Å². The van der Waals surface area contributed by atoms with Crippen molar-refractivity contribution in [1.29, 1.82) is 0 Å². The topological polar surface area (TPSA) is 43.4 Å². The average molecular weight is 394 g/mol. The Kier molecular flexibility index (Phi) is 6.00. The van der Waals surface area contributed by atoms with Gasteiger partial charge in [0, 0.05) is 12.0 Å². The van der Waals surface area contributed by atoms with Crippen LogP contribution in [0.15, 0.2) is 103 Å². The molecule has 0 fully saturated rings. The molecule has 0 N–H and O–H groups in total. The molecule has 0 radical (unpaired) electrons. The van der Waals surface area contributed by atoms with Gasteiger partial charge in [-0.3, -0.25) is 0 Å². The molecule has 0 aliphatic carbocycles. The van der Waals surface area contributed by atoms with Gasteiger partial charge in [0.25, 0.3) is 0 Å². The van der Waals surface area contributed by atoms with Gasteiger partial charge in [0.1, 0.15) is 12.0 Å². The normalized spacial score (nSPS) is 15.9. The quantitative estimate of drug-likeness (QED) is 0.289. The Bertz CT molecular complexity index is 1080. The second-order valence-corrected chi connectivity index (χ2v) is 7.24. The molecule has 0 saturated heterocycles. The number of ether oxygens (including phenoxy) is 1. The van der Waals surface area contributed by atoms with Crippen molar-refractivity contribution in [1.82, 2.24) is 0 Å². The van der Waals surface area contributed by atoms with Crippen molar-refractivity contribution in [2.24, 2.45) is 0 Å². The van der Waals surface area contributed by atoms with E-state index in [2.05, 4.69) is 0 Å². The Hall–Kier alpha value is -3.72. The molecule has 0 saturated carbocycles. The van der Waals surface area contributed by atoms with E-state index in [1.54, 1.807) is 0 Å². The number of aldehydes is 1. The number of hydrogen-bond donors (Lipinski definition) is 0. The summed E-state index contributed by atoms with van der Waals surface area (Å²) < 4.78 is 5.60. The monoisotopic (exact) mass is 394 g/mol. The fourth-order valence-electron chi connectivity index (χ4n) is 3.78. The summed E-state index contributed by atoms with van der Waals surface area (Å²) >= 11 is 0. The third-order valence-electron chi connectivity index (χ3n) is 5.31. The van der Waals surface area contributed by atoms with E-state index in [9.17, 15) is 9.59 Å². The van der Waals surface area contributed by atoms with Crippen LogP contribution in [-0.4, -0.2) is 12.3 Å². The van der Waals surface area contributed by atoms with E-state index < -0.39 is 0 Å². The fourth-order valence-corrected chi connectivity index (χ4v) is 3.78. The van der Waals surface area contributed by atoms with Crippen molar-refractivity contribution in [3.8, 4) is 0 Å². The smallest absolute Gasteiger partial charge is 0.343 e. The van der Waals surface area contributed by atoms with E-state index in [4.69, 9.17) is 4.74 Å². The molecule has 30 heavy (non-hydrogen) atoms. The van der Waals surface area contributed by atoms with Gasteiger partial charge in [0.05, 0.1) is 5.57 Å². The van der Waals surface area contributed by atoms with Crippen molar-refractivity contribution < 1.29 is 14.3 Å². The van der Waals surface area contributed by atoms with Crippen molar-refractivity contribution in [3.63, 3.8) is 0 Å². The third-order valence-corrected chi connectivity index (χ3v) is 5.31. The van der Waals surface area contributed by atoms with Gasteiger partial charge < -0.3 is 9.53 Å². The minimum atomic E-state index is -0.356. The minimum Gasteiger partial charge on any atom is -0.422 e. The van der Waals surface area contributed by atoms with E-state index in [0.29, 0.717) is 24.2 Å². The molecular formula is C27H22O3. The molecule has 1 aliphatic rings. The SMILES string of the molecule is O=CC[C@H](C/C(=C1/C=C(c2ccccc2)OC1=O)c1ccccc1)c1ccccc1. The number of benzene rings is 3. The van der Waals surface area contributed by atoms with Gasteiger partial charge in [-0.05, 0) is 35.1 Å². The molecular weight excluding hydrogens is 372 g/mol. The van der Waals surface area contributed by atoms with Crippen LogP contribution in [0.4, 0.5) is 0 Å². The standard InChI is InChI=1S/C27H22O3/c28-17-16-23(20-10-4-1-5-11-20)18-24(21-12-6-2-7-13-21)25-19-26(30-27(25)29)22-14-8-3-9-15-22/h1-15,17,19,23H,16,18H2/b25-24+/t23-/m1/s1. The first kappa shape index (κ1) is 19.6. The van der Waals surface area contributed by atoms with E-state index >= 15 is 0 Å². The molecule has 3 heteroatoms. The number of carbonyl (C=O) groups is 2. The van der Waals surface area contributed by atoms with Gasteiger partial charge in [-0.1, -0.05) is 91.0 Å². The van der Waals surface area contributed by atoms with Gasteiger partial charge in [-0.2, -0.15) is 0 Å². The first-order chi connectivity index (χ1) is 14.8. The van der Waals surface area contributed by atoms with Crippen molar-refractivity contribution in [3.05, 3.63) is 119 Å². The van der Waals surface area contributed by atoms with Gasteiger partial charge >= 0.3 is 5.97 Å². The molecule has 3 aromatic rings. The van der Waals surface area contributed by atoms with E-state index in [1.165, 1.54) is 0 Å². The Labute approximate surface area is 176 Å². The Morgan fingerprint density at radius 2 is 1.43 bits per heavy atom.